The number of benzene rings is 2. The number of hydrogen-bond acceptors (Lipinski definition) is 2. The van der Waals surface area contributed by atoms with E-state index in [-0.39, 0.29) is 5.88 Å². The Morgan fingerprint density at radius 3 is 2.57 bits per heavy atom. The van der Waals surface area contributed by atoms with Gasteiger partial charge in [0.25, 0.3) is 0 Å². The van der Waals surface area contributed by atoms with E-state index < -0.39 is 0 Å². The van der Waals surface area contributed by atoms with Crippen LogP contribution in [0.3, 0.4) is 0 Å². The van der Waals surface area contributed by atoms with Gasteiger partial charge in [0.2, 0.25) is 0 Å². The predicted octanol–water partition coefficient (Wildman–Crippen LogP) is 4.94. The first-order valence-corrected chi connectivity index (χ1v) is 7.36. The largest absolute Gasteiger partial charge is 0.295 e. The highest BCUT2D eigenvalue weighted by Crippen LogP contribution is 2.28. The van der Waals surface area contributed by atoms with Crippen molar-refractivity contribution >= 4 is 45.8 Å². The van der Waals surface area contributed by atoms with E-state index >= 15 is 0 Å². The Morgan fingerprint density at radius 2 is 1.90 bits per heavy atom. The molecule has 0 atom stereocenters. The normalized spacial score (nSPS) is 10.8. The van der Waals surface area contributed by atoms with E-state index in [1.54, 1.807) is 30.3 Å². The van der Waals surface area contributed by atoms with E-state index in [4.69, 9.17) is 40.1 Å². The van der Waals surface area contributed by atoms with Crippen LogP contribution in [0.1, 0.15) is 11.4 Å². The Morgan fingerprint density at radius 1 is 1.10 bits per heavy atom. The van der Waals surface area contributed by atoms with Crippen LogP contribution < -0.4 is 0 Å². The maximum Gasteiger partial charge on any atom is 0.129 e. The molecule has 0 saturated carbocycles. The molecule has 0 amide bonds. The van der Waals surface area contributed by atoms with E-state index in [0.717, 1.165) is 16.7 Å². The van der Waals surface area contributed by atoms with Crippen molar-refractivity contribution in [2.24, 2.45) is 0 Å². The monoisotopic (exact) mass is 335 g/mol. The summed E-state index contributed by atoms with van der Waals surface area (Å²) in [5.41, 5.74) is 2.95. The minimum atomic E-state index is 0.247. The lowest BCUT2D eigenvalue weighted by molar-refractivity contribution is 0.982. The molecule has 3 nitrogen and oxygen atoms in total. The molecular formula is C15H8Cl3N3. The Labute approximate surface area is 136 Å². The third-order valence-corrected chi connectivity index (χ3v) is 4.11. The van der Waals surface area contributed by atoms with Crippen LogP contribution in [-0.2, 0) is 5.88 Å². The molecule has 3 aromatic rings. The highest BCUT2D eigenvalue weighted by atomic mass is 35.5. The summed E-state index contributed by atoms with van der Waals surface area (Å²) < 4.78 is 1.88. The number of imidazole rings is 1. The smallest absolute Gasteiger partial charge is 0.129 e. The molecule has 0 radical (unpaired) electrons. The second-order valence-corrected chi connectivity index (χ2v) is 5.49. The highest BCUT2D eigenvalue weighted by Gasteiger charge is 2.13. The van der Waals surface area contributed by atoms with Gasteiger partial charge in [-0.2, -0.15) is 5.26 Å². The zero-order valence-corrected chi connectivity index (χ0v) is 12.9. The Balaban J connectivity index is 2.33. The summed E-state index contributed by atoms with van der Waals surface area (Å²) in [6.45, 7) is 0. The van der Waals surface area contributed by atoms with Crippen molar-refractivity contribution in [2.45, 2.75) is 5.88 Å². The van der Waals surface area contributed by atoms with Gasteiger partial charge in [-0.3, -0.25) is 4.57 Å². The molecule has 1 aromatic heterocycles. The molecule has 1 heterocycles. The van der Waals surface area contributed by atoms with E-state index in [2.05, 4.69) is 11.1 Å². The number of alkyl halides is 1. The van der Waals surface area contributed by atoms with Crippen molar-refractivity contribution in [1.29, 1.82) is 5.26 Å². The summed E-state index contributed by atoms with van der Waals surface area (Å²) in [4.78, 5) is 4.48. The van der Waals surface area contributed by atoms with Crippen molar-refractivity contribution in [3.63, 3.8) is 0 Å². The minimum Gasteiger partial charge on any atom is -0.295 e. The number of halogens is 3. The average molecular weight is 337 g/mol. The molecule has 0 fully saturated rings. The molecule has 104 valence electrons. The summed E-state index contributed by atoms with van der Waals surface area (Å²) in [7, 11) is 0. The zero-order chi connectivity index (χ0) is 15.0. The summed E-state index contributed by atoms with van der Waals surface area (Å²) >= 11 is 18.0. The topological polar surface area (TPSA) is 41.6 Å². The van der Waals surface area contributed by atoms with Crippen LogP contribution in [0, 0.1) is 11.3 Å². The summed E-state index contributed by atoms with van der Waals surface area (Å²) in [6.07, 6.45) is 0. The fourth-order valence-corrected chi connectivity index (χ4v) is 2.67. The number of fused-ring (bicyclic) bond motifs is 1. The zero-order valence-electron chi connectivity index (χ0n) is 10.6. The number of nitrogens with zero attached hydrogens (tertiary/aromatic N) is 3. The molecule has 0 bridgehead atoms. The first-order valence-electron chi connectivity index (χ1n) is 6.07. The van der Waals surface area contributed by atoms with Gasteiger partial charge in [0, 0.05) is 5.69 Å². The average Bonchev–Trinajstić information content (AvgIpc) is 2.87. The van der Waals surface area contributed by atoms with E-state index in [0.29, 0.717) is 21.4 Å². The lowest BCUT2D eigenvalue weighted by Gasteiger charge is -2.09. The van der Waals surface area contributed by atoms with Crippen molar-refractivity contribution in [3.05, 3.63) is 57.8 Å². The molecule has 0 spiro atoms. The van der Waals surface area contributed by atoms with Gasteiger partial charge in [0.15, 0.2) is 0 Å². The SMILES string of the molecule is N#Cc1ccc2nc(CCl)n(-c3ccc(Cl)c(Cl)c3)c2c1. The van der Waals surface area contributed by atoms with Crippen molar-refractivity contribution in [1.82, 2.24) is 9.55 Å². The molecule has 21 heavy (non-hydrogen) atoms. The summed E-state index contributed by atoms with van der Waals surface area (Å²) in [5.74, 6) is 0.928. The third-order valence-electron chi connectivity index (χ3n) is 3.13. The van der Waals surface area contributed by atoms with Crippen LogP contribution in [0.2, 0.25) is 10.0 Å². The molecule has 0 N–H and O–H groups in total. The fraction of sp³-hybridized carbons (Fsp3) is 0.0667. The van der Waals surface area contributed by atoms with Gasteiger partial charge in [-0.15, -0.1) is 11.6 Å². The van der Waals surface area contributed by atoms with Crippen LogP contribution in [0.4, 0.5) is 0 Å². The van der Waals surface area contributed by atoms with Gasteiger partial charge in [-0.1, -0.05) is 23.2 Å². The quantitative estimate of drug-likeness (QED) is 0.622. The number of aromatic nitrogens is 2. The van der Waals surface area contributed by atoms with Crippen LogP contribution in [0.25, 0.3) is 16.7 Å². The van der Waals surface area contributed by atoms with Gasteiger partial charge in [0.05, 0.1) is 38.6 Å². The summed E-state index contributed by atoms with van der Waals surface area (Å²) in [5, 5.41) is 9.99. The first kappa shape index (κ1) is 14.2. The van der Waals surface area contributed by atoms with E-state index in [1.165, 1.54) is 0 Å². The van der Waals surface area contributed by atoms with Crippen LogP contribution in [0.15, 0.2) is 36.4 Å². The maximum absolute atomic E-state index is 9.06. The predicted molar refractivity (Wildman–Crippen MR) is 85.4 cm³/mol. The van der Waals surface area contributed by atoms with Crippen LogP contribution in [-0.4, -0.2) is 9.55 Å². The molecule has 0 aliphatic rings. The third kappa shape index (κ3) is 2.47. The molecule has 2 aromatic carbocycles. The van der Waals surface area contributed by atoms with Gasteiger partial charge in [-0.25, -0.2) is 4.98 Å². The molecule has 0 aliphatic carbocycles. The summed E-state index contributed by atoms with van der Waals surface area (Å²) in [6, 6.07) is 12.7. The van der Waals surface area contributed by atoms with Crippen LogP contribution in [0.5, 0.6) is 0 Å². The lowest BCUT2D eigenvalue weighted by Crippen LogP contribution is -1.99. The van der Waals surface area contributed by atoms with Gasteiger partial charge in [0.1, 0.15) is 5.82 Å². The van der Waals surface area contributed by atoms with Crippen LogP contribution >= 0.6 is 34.8 Å². The Hall–Kier alpha value is -1.73. The fourth-order valence-electron chi connectivity index (χ4n) is 2.20. The molecular weight excluding hydrogens is 329 g/mol. The molecule has 0 saturated heterocycles. The highest BCUT2D eigenvalue weighted by molar-refractivity contribution is 6.42. The van der Waals surface area contributed by atoms with Gasteiger partial charge >= 0.3 is 0 Å². The number of hydrogen-bond donors (Lipinski definition) is 0. The lowest BCUT2D eigenvalue weighted by atomic mass is 10.2. The molecule has 0 aliphatic heterocycles. The standard InChI is InChI=1S/C15H8Cl3N3/c16-7-15-20-13-4-1-9(8-19)5-14(13)21(15)10-2-3-11(17)12(18)6-10/h1-6H,7H2. The number of rotatable bonds is 2. The maximum atomic E-state index is 9.06. The second-order valence-electron chi connectivity index (χ2n) is 4.41. The molecule has 6 heteroatoms. The minimum absolute atomic E-state index is 0.247. The van der Waals surface area contributed by atoms with Crippen molar-refractivity contribution < 1.29 is 0 Å². The molecule has 3 rings (SSSR count). The first-order chi connectivity index (χ1) is 10.1. The Kier molecular flexibility index (Phi) is 3.77. The van der Waals surface area contributed by atoms with Gasteiger partial charge in [-0.05, 0) is 36.4 Å². The number of nitriles is 1. The second kappa shape index (κ2) is 5.57. The van der Waals surface area contributed by atoms with Gasteiger partial charge < -0.3 is 0 Å². The molecule has 0 unspecified atom stereocenters. The van der Waals surface area contributed by atoms with E-state index in [9.17, 15) is 0 Å². The van der Waals surface area contributed by atoms with Crippen molar-refractivity contribution in [2.75, 3.05) is 0 Å². The van der Waals surface area contributed by atoms with E-state index in [1.807, 2.05) is 10.6 Å². The Bertz CT molecular complexity index is 878. The van der Waals surface area contributed by atoms with Crippen molar-refractivity contribution in [3.8, 4) is 11.8 Å².